The van der Waals surface area contributed by atoms with Gasteiger partial charge in [-0.25, -0.2) is 0 Å². The Hall–Kier alpha value is -0.973. The summed E-state index contributed by atoms with van der Waals surface area (Å²) >= 11 is 0. The molecule has 1 aromatic carbocycles. The number of carbonyl (C=O) groups is 1. The first-order valence-electron chi connectivity index (χ1n) is 9.26. The van der Waals surface area contributed by atoms with Crippen LogP contribution in [-0.2, 0) is 20.6 Å². The van der Waals surface area contributed by atoms with E-state index in [0.29, 0.717) is 13.2 Å². The molecular weight excluding hydrogens is 316 g/mol. The number of hydrogen-bond donors (Lipinski definition) is 0. The van der Waals surface area contributed by atoms with Gasteiger partial charge in [0.25, 0.3) is 0 Å². The molecule has 1 aromatic rings. The fraction of sp³-hybridized carbons (Fsp3) is 0.650. The van der Waals surface area contributed by atoms with Crippen LogP contribution >= 0.6 is 0 Å². The van der Waals surface area contributed by atoms with Crippen LogP contribution in [0.2, 0.25) is 18.1 Å². The Labute approximate surface area is 148 Å². The van der Waals surface area contributed by atoms with Crippen molar-refractivity contribution in [1.29, 1.82) is 0 Å². The van der Waals surface area contributed by atoms with Gasteiger partial charge in [0, 0.05) is 11.8 Å². The van der Waals surface area contributed by atoms with Crippen molar-refractivity contribution in [2.45, 2.75) is 65.5 Å². The van der Waals surface area contributed by atoms with E-state index in [1.165, 1.54) is 5.56 Å². The summed E-state index contributed by atoms with van der Waals surface area (Å²) in [6.45, 7) is 12.0. The van der Waals surface area contributed by atoms with Crippen LogP contribution in [0.25, 0.3) is 0 Å². The van der Waals surface area contributed by atoms with Crippen LogP contribution < -0.4 is 0 Å². The Morgan fingerprint density at radius 2 is 1.62 bits per heavy atom. The van der Waals surface area contributed by atoms with Gasteiger partial charge in [0.15, 0.2) is 8.32 Å². The summed E-state index contributed by atoms with van der Waals surface area (Å²) in [6, 6.07) is 13.5. The van der Waals surface area contributed by atoms with Gasteiger partial charge >= 0.3 is 0 Å². The van der Waals surface area contributed by atoms with Gasteiger partial charge in [-0.05, 0) is 23.7 Å². The minimum Gasteiger partial charge on any atom is -0.413 e. The molecule has 0 saturated carbocycles. The molecule has 0 aliphatic heterocycles. The van der Waals surface area contributed by atoms with Crippen LogP contribution in [0, 0.1) is 11.8 Å². The highest BCUT2D eigenvalue weighted by molar-refractivity contribution is 6.73. The van der Waals surface area contributed by atoms with Crippen molar-refractivity contribution in [2.24, 2.45) is 11.8 Å². The Balaban J connectivity index is 2.67. The van der Waals surface area contributed by atoms with Crippen molar-refractivity contribution in [3.05, 3.63) is 35.9 Å². The summed E-state index contributed by atoms with van der Waals surface area (Å²) in [5.74, 6) is 0.0993. The van der Waals surface area contributed by atoms with Crippen LogP contribution in [0.15, 0.2) is 30.3 Å². The third-order valence-corrected chi connectivity index (χ3v) is 9.74. The molecule has 0 spiro atoms. The molecule has 0 aromatic heterocycles. The predicted octanol–water partition coefficient (Wildman–Crippen LogP) is 5.06. The Bertz CT molecular complexity index is 451. The van der Waals surface area contributed by atoms with Crippen LogP contribution in [0.3, 0.4) is 0 Å². The lowest BCUT2D eigenvalue weighted by Crippen LogP contribution is -2.45. The number of rotatable bonds is 12. The normalized spacial score (nSPS) is 15.7. The standard InChI is InChI=1S/C20H34O3Si/c1-6-24(7-2,8-3)23-20(17(4)14-21)18(5)15-22-16-19-12-10-9-11-13-19/h9-14,17-18,20H,6-8,15-16H2,1-5H3/t17-,18+,20+/m1/s1. The maximum absolute atomic E-state index is 11.4. The Morgan fingerprint density at radius 3 is 2.12 bits per heavy atom. The molecule has 24 heavy (non-hydrogen) atoms. The maximum atomic E-state index is 11.4. The molecule has 0 N–H and O–H groups in total. The van der Waals surface area contributed by atoms with Gasteiger partial charge in [-0.15, -0.1) is 0 Å². The lowest BCUT2D eigenvalue weighted by molar-refractivity contribution is -0.114. The highest BCUT2D eigenvalue weighted by atomic mass is 28.4. The van der Waals surface area contributed by atoms with Gasteiger partial charge in [-0.3, -0.25) is 0 Å². The first kappa shape index (κ1) is 21.1. The minimum atomic E-state index is -1.74. The fourth-order valence-corrected chi connectivity index (χ4v) is 6.16. The fourth-order valence-electron chi connectivity index (χ4n) is 3.14. The van der Waals surface area contributed by atoms with Gasteiger partial charge in [0.2, 0.25) is 0 Å². The van der Waals surface area contributed by atoms with E-state index < -0.39 is 8.32 Å². The van der Waals surface area contributed by atoms with Gasteiger partial charge < -0.3 is 14.0 Å². The molecule has 3 atom stereocenters. The second-order valence-electron chi connectivity index (χ2n) is 6.80. The van der Waals surface area contributed by atoms with Gasteiger partial charge in [0.05, 0.1) is 19.3 Å². The first-order chi connectivity index (χ1) is 11.5. The average Bonchev–Trinajstić information content (AvgIpc) is 2.63. The maximum Gasteiger partial charge on any atom is 0.192 e. The second kappa shape index (κ2) is 10.8. The molecule has 1 rings (SSSR count). The molecule has 0 aliphatic rings. The van der Waals surface area contributed by atoms with Crippen LogP contribution in [0.1, 0.15) is 40.2 Å². The summed E-state index contributed by atoms with van der Waals surface area (Å²) in [5, 5.41) is 0. The molecule has 0 radical (unpaired) electrons. The molecule has 0 saturated heterocycles. The van der Waals surface area contributed by atoms with Crippen molar-refractivity contribution in [1.82, 2.24) is 0 Å². The molecule has 3 nitrogen and oxygen atoms in total. The van der Waals surface area contributed by atoms with E-state index in [9.17, 15) is 4.79 Å². The molecular formula is C20H34O3Si. The molecule has 0 fully saturated rings. The van der Waals surface area contributed by atoms with Crippen molar-refractivity contribution in [2.75, 3.05) is 6.61 Å². The van der Waals surface area contributed by atoms with Crippen LogP contribution in [-0.4, -0.2) is 27.3 Å². The van der Waals surface area contributed by atoms with E-state index in [0.717, 1.165) is 24.4 Å². The van der Waals surface area contributed by atoms with E-state index in [4.69, 9.17) is 9.16 Å². The Kier molecular flexibility index (Phi) is 9.48. The van der Waals surface area contributed by atoms with Crippen molar-refractivity contribution < 1.29 is 14.0 Å². The topological polar surface area (TPSA) is 35.5 Å². The lowest BCUT2D eigenvalue weighted by Gasteiger charge is -2.37. The summed E-state index contributed by atoms with van der Waals surface area (Å²) in [4.78, 5) is 11.4. The lowest BCUT2D eigenvalue weighted by atomic mass is 9.95. The minimum absolute atomic E-state index is 0.0511. The summed E-state index contributed by atoms with van der Waals surface area (Å²) in [5.41, 5.74) is 1.17. The van der Waals surface area contributed by atoms with Crippen molar-refractivity contribution >= 4 is 14.6 Å². The van der Waals surface area contributed by atoms with E-state index in [-0.39, 0.29) is 17.9 Å². The molecule has 136 valence electrons. The van der Waals surface area contributed by atoms with Crippen molar-refractivity contribution in [3.63, 3.8) is 0 Å². The van der Waals surface area contributed by atoms with Crippen LogP contribution in [0.4, 0.5) is 0 Å². The number of benzene rings is 1. The number of aldehydes is 1. The first-order valence-corrected chi connectivity index (χ1v) is 11.8. The number of ether oxygens (including phenoxy) is 1. The molecule has 0 heterocycles. The zero-order valence-electron chi connectivity index (χ0n) is 16.0. The quantitative estimate of drug-likeness (QED) is 0.390. The highest BCUT2D eigenvalue weighted by Gasteiger charge is 2.36. The Morgan fingerprint density at radius 1 is 1.04 bits per heavy atom. The number of carbonyl (C=O) groups excluding carboxylic acids is 1. The zero-order chi connectivity index (χ0) is 18.0. The average molecular weight is 351 g/mol. The monoisotopic (exact) mass is 350 g/mol. The zero-order valence-corrected chi connectivity index (χ0v) is 17.0. The summed E-state index contributed by atoms with van der Waals surface area (Å²) in [6.07, 6.45) is 0.975. The van der Waals surface area contributed by atoms with Gasteiger partial charge in [0.1, 0.15) is 6.29 Å². The number of hydrogen-bond acceptors (Lipinski definition) is 3. The highest BCUT2D eigenvalue weighted by Crippen LogP contribution is 2.28. The van der Waals surface area contributed by atoms with E-state index >= 15 is 0 Å². The third kappa shape index (κ3) is 6.15. The summed E-state index contributed by atoms with van der Waals surface area (Å²) < 4.78 is 12.5. The van der Waals surface area contributed by atoms with E-state index in [1.807, 2.05) is 25.1 Å². The molecule has 4 heteroatoms. The van der Waals surface area contributed by atoms with Gasteiger partial charge in [-0.2, -0.15) is 0 Å². The molecule has 0 amide bonds. The predicted molar refractivity (Wildman–Crippen MR) is 103 cm³/mol. The van der Waals surface area contributed by atoms with Gasteiger partial charge in [-0.1, -0.05) is 65.0 Å². The van der Waals surface area contributed by atoms with E-state index in [2.05, 4.69) is 39.8 Å². The van der Waals surface area contributed by atoms with Crippen LogP contribution in [0.5, 0.6) is 0 Å². The van der Waals surface area contributed by atoms with Crippen molar-refractivity contribution in [3.8, 4) is 0 Å². The smallest absolute Gasteiger partial charge is 0.192 e. The summed E-state index contributed by atoms with van der Waals surface area (Å²) in [7, 11) is -1.74. The third-order valence-electron chi connectivity index (χ3n) is 5.11. The molecule has 0 bridgehead atoms. The SMILES string of the molecule is CC[Si](CC)(CC)O[C@@H]([C@H](C)C=O)[C@@H](C)COCc1ccccc1. The molecule has 0 aliphatic carbocycles. The second-order valence-corrected chi connectivity index (χ2v) is 11.5. The molecule has 0 unspecified atom stereocenters. The largest absolute Gasteiger partial charge is 0.413 e. The van der Waals surface area contributed by atoms with E-state index in [1.54, 1.807) is 0 Å².